The number of nitrogens with one attached hydrogen (secondary N) is 1. The van der Waals surface area contributed by atoms with E-state index >= 15 is 0 Å². The zero-order valence-electron chi connectivity index (χ0n) is 6.73. The molecule has 0 aliphatic carbocycles. The number of aliphatic hydroxyl groups is 2. The third kappa shape index (κ3) is 2.65. The van der Waals surface area contributed by atoms with E-state index in [9.17, 15) is 0 Å². The van der Waals surface area contributed by atoms with E-state index in [1.807, 2.05) is 6.07 Å². The van der Waals surface area contributed by atoms with Gasteiger partial charge in [-0.2, -0.15) is 0 Å². The van der Waals surface area contributed by atoms with E-state index < -0.39 is 0 Å². The van der Waals surface area contributed by atoms with Crippen molar-refractivity contribution in [2.75, 3.05) is 13.2 Å². The lowest BCUT2D eigenvalue weighted by molar-refractivity contribution is 0.170. The maximum absolute atomic E-state index is 8.71. The Morgan fingerprint density at radius 1 is 1.42 bits per heavy atom. The highest BCUT2D eigenvalue weighted by atomic mass is 16.3. The van der Waals surface area contributed by atoms with Gasteiger partial charge in [-0.25, -0.2) is 0 Å². The van der Waals surface area contributed by atoms with E-state index in [4.69, 9.17) is 14.6 Å². The van der Waals surface area contributed by atoms with Gasteiger partial charge >= 0.3 is 0 Å². The van der Waals surface area contributed by atoms with Gasteiger partial charge in [-0.3, -0.25) is 0 Å². The third-order valence-electron chi connectivity index (χ3n) is 1.62. The van der Waals surface area contributed by atoms with Gasteiger partial charge in [-0.1, -0.05) is 0 Å². The van der Waals surface area contributed by atoms with E-state index in [2.05, 4.69) is 5.32 Å². The fraction of sp³-hybridized carbons (Fsp3) is 0.500. The Morgan fingerprint density at radius 3 is 2.67 bits per heavy atom. The highest BCUT2D eigenvalue weighted by molar-refractivity contribution is 5.04. The zero-order valence-corrected chi connectivity index (χ0v) is 6.73. The van der Waals surface area contributed by atoms with Crippen molar-refractivity contribution in [3.05, 3.63) is 24.2 Å². The van der Waals surface area contributed by atoms with Crippen molar-refractivity contribution in [3.63, 3.8) is 0 Å². The highest BCUT2D eigenvalue weighted by Crippen LogP contribution is 1.98. The van der Waals surface area contributed by atoms with Crippen LogP contribution >= 0.6 is 0 Å². The van der Waals surface area contributed by atoms with Crippen LogP contribution in [0.15, 0.2) is 23.0 Å². The summed E-state index contributed by atoms with van der Waals surface area (Å²) >= 11 is 0. The minimum absolute atomic E-state index is 0.0612. The molecule has 0 saturated carbocycles. The fourth-order valence-corrected chi connectivity index (χ4v) is 0.842. The van der Waals surface area contributed by atoms with Crippen molar-refractivity contribution < 1.29 is 14.6 Å². The lowest BCUT2D eigenvalue weighted by Crippen LogP contribution is -2.35. The van der Waals surface area contributed by atoms with Gasteiger partial charge in [0.25, 0.3) is 0 Å². The van der Waals surface area contributed by atoms with Gasteiger partial charge in [0.2, 0.25) is 0 Å². The first kappa shape index (κ1) is 9.25. The van der Waals surface area contributed by atoms with Crippen LogP contribution in [0, 0.1) is 0 Å². The summed E-state index contributed by atoms with van der Waals surface area (Å²) in [5, 5.41) is 20.4. The highest BCUT2D eigenvalue weighted by Gasteiger charge is 2.04. The number of furan rings is 1. The van der Waals surface area contributed by atoms with Crippen LogP contribution in [0.1, 0.15) is 5.56 Å². The van der Waals surface area contributed by atoms with Crippen molar-refractivity contribution in [2.24, 2.45) is 0 Å². The van der Waals surface area contributed by atoms with Crippen LogP contribution in [0.2, 0.25) is 0 Å². The predicted molar refractivity (Wildman–Crippen MR) is 43.5 cm³/mol. The zero-order chi connectivity index (χ0) is 8.81. The molecule has 0 aliphatic heterocycles. The molecule has 3 N–H and O–H groups in total. The summed E-state index contributed by atoms with van der Waals surface area (Å²) in [4.78, 5) is 0. The van der Waals surface area contributed by atoms with Crippen LogP contribution < -0.4 is 5.32 Å². The molecule has 0 amide bonds. The second kappa shape index (κ2) is 4.92. The lowest BCUT2D eigenvalue weighted by Gasteiger charge is -2.11. The van der Waals surface area contributed by atoms with Crippen LogP contribution in [0.5, 0.6) is 0 Å². The minimum Gasteiger partial charge on any atom is -0.472 e. The molecule has 4 nitrogen and oxygen atoms in total. The Bertz CT molecular complexity index is 194. The van der Waals surface area contributed by atoms with E-state index in [0.29, 0.717) is 6.54 Å². The third-order valence-corrected chi connectivity index (χ3v) is 1.62. The first-order valence-electron chi connectivity index (χ1n) is 3.83. The lowest BCUT2D eigenvalue weighted by atomic mass is 10.3. The van der Waals surface area contributed by atoms with Gasteiger partial charge in [-0.15, -0.1) is 0 Å². The summed E-state index contributed by atoms with van der Waals surface area (Å²) in [6.45, 7) is 0.477. The summed E-state index contributed by atoms with van der Waals surface area (Å²) in [5.41, 5.74) is 1.00. The van der Waals surface area contributed by atoms with E-state index in [1.54, 1.807) is 12.5 Å². The largest absolute Gasteiger partial charge is 0.472 e. The smallest absolute Gasteiger partial charge is 0.0947 e. The van der Waals surface area contributed by atoms with Crippen molar-refractivity contribution >= 4 is 0 Å². The average molecular weight is 171 g/mol. The predicted octanol–water partition coefficient (Wildman–Crippen LogP) is -0.278. The molecule has 1 aromatic heterocycles. The second-order valence-electron chi connectivity index (χ2n) is 2.57. The SMILES string of the molecule is OCC(CO)NCc1ccoc1. The summed E-state index contributed by atoms with van der Waals surface area (Å²) in [5.74, 6) is 0. The minimum atomic E-state index is -0.250. The molecule has 4 heteroatoms. The Morgan fingerprint density at radius 2 is 2.17 bits per heavy atom. The summed E-state index contributed by atoms with van der Waals surface area (Å²) < 4.78 is 4.85. The van der Waals surface area contributed by atoms with Gasteiger partial charge < -0.3 is 19.9 Å². The standard InChI is InChI=1S/C8H13NO3/c10-4-8(5-11)9-3-7-1-2-12-6-7/h1-2,6,8-11H,3-5H2. The summed E-state index contributed by atoms with van der Waals surface area (Å²) in [6.07, 6.45) is 3.21. The molecule has 1 rings (SSSR count). The summed E-state index contributed by atoms with van der Waals surface area (Å²) in [6, 6.07) is 1.58. The molecule has 0 saturated heterocycles. The van der Waals surface area contributed by atoms with Gasteiger partial charge in [-0.05, 0) is 6.07 Å². The topological polar surface area (TPSA) is 65.6 Å². The molecule has 0 fully saturated rings. The first-order valence-corrected chi connectivity index (χ1v) is 3.83. The van der Waals surface area contributed by atoms with Crippen molar-refractivity contribution in [2.45, 2.75) is 12.6 Å². The Labute approximate surface area is 70.8 Å². The average Bonchev–Trinajstić information content (AvgIpc) is 2.59. The molecule has 0 aliphatic rings. The van der Waals surface area contributed by atoms with E-state index in [1.165, 1.54) is 0 Å². The van der Waals surface area contributed by atoms with Crippen LogP contribution in [0.4, 0.5) is 0 Å². The van der Waals surface area contributed by atoms with E-state index in [-0.39, 0.29) is 19.3 Å². The van der Waals surface area contributed by atoms with Crippen LogP contribution in [-0.4, -0.2) is 29.5 Å². The molecule has 0 bridgehead atoms. The molecule has 0 aromatic carbocycles. The van der Waals surface area contributed by atoms with Gasteiger partial charge in [0.1, 0.15) is 0 Å². The Kier molecular flexibility index (Phi) is 3.79. The quantitative estimate of drug-likeness (QED) is 0.570. The molecule has 0 spiro atoms. The Hall–Kier alpha value is -0.840. The van der Waals surface area contributed by atoms with Crippen molar-refractivity contribution in [1.29, 1.82) is 0 Å². The van der Waals surface area contributed by atoms with Crippen LogP contribution in [-0.2, 0) is 6.54 Å². The fourth-order valence-electron chi connectivity index (χ4n) is 0.842. The maximum atomic E-state index is 8.71. The van der Waals surface area contributed by atoms with Crippen molar-refractivity contribution in [1.82, 2.24) is 5.32 Å². The molecule has 12 heavy (non-hydrogen) atoms. The number of aliphatic hydroxyl groups excluding tert-OH is 2. The van der Waals surface area contributed by atoms with Crippen LogP contribution in [0.25, 0.3) is 0 Å². The number of hydrogen-bond donors (Lipinski definition) is 3. The molecule has 0 unspecified atom stereocenters. The van der Waals surface area contributed by atoms with Gasteiger partial charge in [0, 0.05) is 12.1 Å². The van der Waals surface area contributed by atoms with Crippen LogP contribution in [0.3, 0.4) is 0 Å². The van der Waals surface area contributed by atoms with E-state index in [0.717, 1.165) is 5.56 Å². The van der Waals surface area contributed by atoms with Crippen molar-refractivity contribution in [3.8, 4) is 0 Å². The summed E-state index contributed by atoms with van der Waals surface area (Å²) in [7, 11) is 0. The molecule has 1 aromatic rings. The Balaban J connectivity index is 2.25. The molecule has 68 valence electrons. The second-order valence-corrected chi connectivity index (χ2v) is 2.57. The number of rotatable bonds is 5. The molecular formula is C8H13NO3. The van der Waals surface area contributed by atoms with Gasteiger partial charge in [0.15, 0.2) is 0 Å². The first-order chi connectivity index (χ1) is 5.86. The molecule has 1 heterocycles. The van der Waals surface area contributed by atoms with Gasteiger partial charge in [0.05, 0.1) is 31.8 Å². The molecular weight excluding hydrogens is 158 g/mol. The maximum Gasteiger partial charge on any atom is 0.0947 e. The monoisotopic (exact) mass is 171 g/mol. The number of hydrogen-bond acceptors (Lipinski definition) is 4. The normalized spacial score (nSPS) is 10.9. The molecule has 0 radical (unpaired) electrons. The molecule has 0 atom stereocenters.